The molecule has 2 aliphatic carbocycles. The quantitative estimate of drug-likeness (QED) is 0.581. The number of hydrogen-bond acceptors (Lipinski definition) is 2. The molecule has 2 unspecified atom stereocenters. The summed E-state index contributed by atoms with van der Waals surface area (Å²) in [6.07, 6.45) is 2.04. The zero-order valence-electron chi connectivity index (χ0n) is 16.6. The van der Waals surface area contributed by atoms with Gasteiger partial charge in [-0.25, -0.2) is 0 Å². The second kappa shape index (κ2) is 8.41. The second-order valence-electron chi connectivity index (χ2n) is 8.45. The van der Waals surface area contributed by atoms with Gasteiger partial charge in [-0.05, 0) is 81.5 Å². The van der Waals surface area contributed by atoms with Crippen LogP contribution in [0.2, 0.25) is 0 Å². The first-order chi connectivity index (χ1) is 13.9. The number of ether oxygens (including phenoxy) is 1. The summed E-state index contributed by atoms with van der Waals surface area (Å²) in [5.41, 5.74) is 2.37. The molecule has 0 saturated carbocycles. The van der Waals surface area contributed by atoms with E-state index in [4.69, 9.17) is 4.74 Å². The van der Waals surface area contributed by atoms with Crippen LogP contribution in [0, 0.1) is 11.8 Å². The minimum Gasteiger partial charge on any atom is -0.494 e. The molecule has 1 amide bonds. The Kier molecular flexibility index (Phi) is 5.88. The molecule has 1 aromatic rings. The standard InChI is InChI=1S/C23H28F3NO2/c24-23(25,26)21-15-17(19-5-1-2-6-20(19)21)11-14-29-18-9-7-16(8-10-18)22(28)27-12-3-4-13-27/h7-10,17,21H,1-6,11-15H2. The number of amides is 1. The van der Waals surface area contributed by atoms with Gasteiger partial charge in [0, 0.05) is 18.7 Å². The van der Waals surface area contributed by atoms with Crippen molar-refractivity contribution in [3.8, 4) is 5.75 Å². The molecule has 0 spiro atoms. The van der Waals surface area contributed by atoms with Crippen LogP contribution in [0.25, 0.3) is 0 Å². The van der Waals surface area contributed by atoms with Crippen LogP contribution >= 0.6 is 0 Å². The van der Waals surface area contributed by atoms with E-state index in [1.807, 2.05) is 4.90 Å². The summed E-state index contributed by atoms with van der Waals surface area (Å²) >= 11 is 0. The van der Waals surface area contributed by atoms with Crippen molar-refractivity contribution in [1.29, 1.82) is 0 Å². The molecule has 29 heavy (non-hydrogen) atoms. The lowest BCUT2D eigenvalue weighted by atomic mass is 9.87. The van der Waals surface area contributed by atoms with E-state index < -0.39 is 12.1 Å². The minimum absolute atomic E-state index is 0.0204. The highest BCUT2D eigenvalue weighted by molar-refractivity contribution is 5.94. The summed E-state index contributed by atoms with van der Waals surface area (Å²) in [4.78, 5) is 14.2. The number of carbonyl (C=O) groups excluding carboxylic acids is 1. The average molecular weight is 407 g/mol. The topological polar surface area (TPSA) is 29.5 Å². The van der Waals surface area contributed by atoms with Gasteiger partial charge >= 0.3 is 6.18 Å². The van der Waals surface area contributed by atoms with Gasteiger partial charge in [-0.15, -0.1) is 0 Å². The molecule has 3 nitrogen and oxygen atoms in total. The Balaban J connectivity index is 1.32. The lowest BCUT2D eigenvalue weighted by Gasteiger charge is -2.21. The fourth-order valence-corrected chi connectivity index (χ4v) is 5.12. The zero-order valence-corrected chi connectivity index (χ0v) is 16.6. The highest BCUT2D eigenvalue weighted by Gasteiger charge is 2.48. The Morgan fingerprint density at radius 2 is 1.66 bits per heavy atom. The van der Waals surface area contributed by atoms with Crippen LogP contribution < -0.4 is 4.74 Å². The predicted octanol–water partition coefficient (Wildman–Crippen LogP) is 5.76. The average Bonchev–Trinajstić information content (AvgIpc) is 3.36. The molecule has 0 aromatic heterocycles. The Bertz CT molecular complexity index is 763. The maximum Gasteiger partial charge on any atom is 0.395 e. The van der Waals surface area contributed by atoms with Crippen LogP contribution in [0.3, 0.4) is 0 Å². The Morgan fingerprint density at radius 1 is 1.00 bits per heavy atom. The zero-order chi connectivity index (χ0) is 20.4. The van der Waals surface area contributed by atoms with Crippen molar-refractivity contribution in [3.05, 3.63) is 41.0 Å². The Morgan fingerprint density at radius 3 is 2.31 bits per heavy atom. The van der Waals surface area contributed by atoms with Gasteiger partial charge in [-0.3, -0.25) is 4.79 Å². The highest BCUT2D eigenvalue weighted by atomic mass is 19.4. The van der Waals surface area contributed by atoms with Crippen LogP contribution in [0.5, 0.6) is 5.75 Å². The van der Waals surface area contributed by atoms with E-state index in [-0.39, 0.29) is 18.2 Å². The third-order valence-corrected chi connectivity index (χ3v) is 6.61. The van der Waals surface area contributed by atoms with E-state index in [0.717, 1.165) is 50.8 Å². The third-order valence-electron chi connectivity index (χ3n) is 6.61. The first-order valence-corrected chi connectivity index (χ1v) is 10.7. The van der Waals surface area contributed by atoms with E-state index in [1.165, 1.54) is 0 Å². The van der Waals surface area contributed by atoms with Crippen molar-refractivity contribution < 1.29 is 22.7 Å². The smallest absolute Gasteiger partial charge is 0.395 e. The van der Waals surface area contributed by atoms with Crippen LogP contribution in [0.4, 0.5) is 13.2 Å². The lowest BCUT2D eigenvalue weighted by molar-refractivity contribution is -0.165. The van der Waals surface area contributed by atoms with Crippen molar-refractivity contribution in [1.82, 2.24) is 4.90 Å². The van der Waals surface area contributed by atoms with E-state index >= 15 is 0 Å². The molecular weight excluding hydrogens is 379 g/mol. The summed E-state index contributed by atoms with van der Waals surface area (Å²) < 4.78 is 46.0. The van der Waals surface area contributed by atoms with Crippen LogP contribution in [0.15, 0.2) is 35.4 Å². The maximum absolute atomic E-state index is 13.4. The maximum atomic E-state index is 13.4. The lowest BCUT2D eigenvalue weighted by Crippen LogP contribution is -2.27. The summed E-state index contributed by atoms with van der Waals surface area (Å²) in [6.45, 7) is 2.02. The predicted molar refractivity (Wildman–Crippen MR) is 105 cm³/mol. The summed E-state index contributed by atoms with van der Waals surface area (Å²) in [5.74, 6) is -0.562. The number of hydrogen-bond donors (Lipinski definition) is 0. The van der Waals surface area contributed by atoms with Crippen molar-refractivity contribution in [2.75, 3.05) is 19.7 Å². The van der Waals surface area contributed by atoms with Gasteiger partial charge in [0.25, 0.3) is 5.91 Å². The third kappa shape index (κ3) is 4.46. The van der Waals surface area contributed by atoms with Gasteiger partial charge in [0.1, 0.15) is 5.75 Å². The minimum atomic E-state index is -4.13. The molecule has 158 valence electrons. The van der Waals surface area contributed by atoms with Crippen LogP contribution in [-0.4, -0.2) is 36.7 Å². The molecule has 1 aliphatic heterocycles. The fraction of sp³-hybridized carbons (Fsp3) is 0.609. The van der Waals surface area contributed by atoms with E-state index in [9.17, 15) is 18.0 Å². The number of likely N-dealkylation sites (tertiary alicyclic amines) is 1. The molecule has 4 rings (SSSR count). The summed E-state index contributed by atoms with van der Waals surface area (Å²) in [7, 11) is 0. The molecule has 0 bridgehead atoms. The number of nitrogens with zero attached hydrogens (tertiary/aromatic N) is 1. The number of halogens is 3. The molecule has 1 aromatic carbocycles. The SMILES string of the molecule is O=C(c1ccc(OCCC2CC(C(F)(F)F)C3=C2CCCC3)cc1)N1CCCC1. The first kappa shape index (κ1) is 20.3. The van der Waals surface area contributed by atoms with Gasteiger partial charge in [0.05, 0.1) is 12.5 Å². The molecule has 1 saturated heterocycles. The van der Waals surface area contributed by atoms with Gasteiger partial charge in [-0.1, -0.05) is 11.1 Å². The first-order valence-electron chi connectivity index (χ1n) is 10.7. The van der Waals surface area contributed by atoms with Gasteiger partial charge < -0.3 is 9.64 Å². The van der Waals surface area contributed by atoms with Crippen LogP contribution in [-0.2, 0) is 0 Å². The Hall–Kier alpha value is -1.98. The van der Waals surface area contributed by atoms with Crippen molar-refractivity contribution in [2.45, 2.75) is 57.5 Å². The molecule has 1 heterocycles. The fourth-order valence-electron chi connectivity index (χ4n) is 5.12. The number of alkyl halides is 3. The van der Waals surface area contributed by atoms with E-state index in [2.05, 4.69) is 0 Å². The summed E-state index contributed by atoms with van der Waals surface area (Å²) in [6, 6.07) is 7.10. The Labute approximate surface area is 169 Å². The van der Waals surface area contributed by atoms with E-state index in [1.54, 1.807) is 24.3 Å². The van der Waals surface area contributed by atoms with Crippen molar-refractivity contribution >= 4 is 5.91 Å². The molecule has 1 fully saturated rings. The second-order valence-corrected chi connectivity index (χ2v) is 8.45. The number of carbonyl (C=O) groups is 1. The van der Waals surface area contributed by atoms with Gasteiger partial charge in [-0.2, -0.15) is 13.2 Å². The normalized spacial score (nSPS) is 24.7. The molecule has 0 N–H and O–H groups in total. The molecular formula is C23H28F3NO2. The van der Waals surface area contributed by atoms with E-state index in [0.29, 0.717) is 36.3 Å². The highest BCUT2D eigenvalue weighted by Crippen LogP contribution is 2.51. The van der Waals surface area contributed by atoms with Gasteiger partial charge in [0.15, 0.2) is 0 Å². The molecule has 0 radical (unpaired) electrons. The monoisotopic (exact) mass is 407 g/mol. The van der Waals surface area contributed by atoms with Crippen molar-refractivity contribution in [3.63, 3.8) is 0 Å². The molecule has 3 aliphatic rings. The summed E-state index contributed by atoms with van der Waals surface area (Å²) in [5, 5.41) is 0. The number of benzene rings is 1. The van der Waals surface area contributed by atoms with Gasteiger partial charge in [0.2, 0.25) is 0 Å². The molecule has 6 heteroatoms. The van der Waals surface area contributed by atoms with Crippen molar-refractivity contribution in [2.24, 2.45) is 11.8 Å². The largest absolute Gasteiger partial charge is 0.494 e. The van der Waals surface area contributed by atoms with Crippen LogP contribution in [0.1, 0.15) is 61.7 Å². The molecule has 2 atom stereocenters. The number of allylic oxidation sites excluding steroid dienone is 2. The number of rotatable bonds is 5.